The molecule has 4 heterocycles. The maximum Gasteiger partial charge on any atom is 0.262 e. The van der Waals surface area contributed by atoms with E-state index in [0.29, 0.717) is 12.6 Å². The summed E-state index contributed by atoms with van der Waals surface area (Å²) < 4.78 is 23.3. The Hall–Kier alpha value is -0.730. The van der Waals surface area contributed by atoms with Crippen LogP contribution < -0.4 is 0 Å². The van der Waals surface area contributed by atoms with E-state index in [2.05, 4.69) is 18.5 Å². The van der Waals surface area contributed by atoms with Crippen LogP contribution in [0.3, 0.4) is 0 Å². The van der Waals surface area contributed by atoms with Gasteiger partial charge in [0.25, 0.3) is 17.7 Å². The molecule has 0 radical (unpaired) electrons. The molecule has 34 heavy (non-hydrogen) atoms. The molecule has 7 atom stereocenters. The number of aliphatic hydroxyl groups is 1. The topological polar surface area (TPSA) is 115 Å². The van der Waals surface area contributed by atoms with Crippen molar-refractivity contribution in [3.8, 4) is 0 Å². The Morgan fingerprint density at radius 2 is 1.18 bits per heavy atom. The fraction of sp³-hybridized carbons (Fsp3) is 0.864. The lowest BCUT2D eigenvalue weighted by Gasteiger charge is -2.34. The van der Waals surface area contributed by atoms with Crippen molar-refractivity contribution in [2.24, 2.45) is 0 Å². The molecule has 12 heteroatoms. The summed E-state index contributed by atoms with van der Waals surface area (Å²) in [4.78, 5) is 38.5. The van der Waals surface area contributed by atoms with Crippen LogP contribution in [-0.4, -0.2) is 87.4 Å². The van der Waals surface area contributed by atoms with Crippen LogP contribution in [-0.2, 0) is 33.3 Å². The zero-order valence-electron chi connectivity index (χ0n) is 19.2. The number of likely N-dealkylation sites (tertiary alicyclic amines) is 2. The van der Waals surface area contributed by atoms with Crippen molar-refractivity contribution in [1.82, 2.24) is 9.80 Å². The first-order valence-electron chi connectivity index (χ1n) is 12.3. The van der Waals surface area contributed by atoms with Gasteiger partial charge in [0.1, 0.15) is 6.10 Å². The van der Waals surface area contributed by atoms with Gasteiger partial charge in [-0.1, -0.05) is 12.8 Å². The predicted octanol–water partition coefficient (Wildman–Crippen LogP) is 1.06. The van der Waals surface area contributed by atoms with E-state index < -0.39 is 42.2 Å². The van der Waals surface area contributed by atoms with Crippen LogP contribution in [0.4, 0.5) is 0 Å². The highest BCUT2D eigenvalue weighted by Crippen LogP contribution is 2.45. The molecule has 2 aliphatic carbocycles. The molecule has 6 aliphatic rings. The lowest BCUT2D eigenvalue weighted by Crippen LogP contribution is -2.42. The van der Waals surface area contributed by atoms with Crippen molar-refractivity contribution in [3.05, 3.63) is 0 Å². The molecular formula is C22H34N2O8P2. The number of rotatable bonds is 2. The molecule has 2 spiro atoms. The molecule has 4 aliphatic heterocycles. The van der Waals surface area contributed by atoms with Crippen molar-refractivity contribution in [3.63, 3.8) is 0 Å². The van der Waals surface area contributed by atoms with Crippen molar-refractivity contribution >= 4 is 36.2 Å². The lowest BCUT2D eigenvalue weighted by atomic mass is 9.94. The molecule has 2 saturated carbocycles. The van der Waals surface area contributed by atoms with E-state index in [1.807, 2.05) is 0 Å². The van der Waals surface area contributed by atoms with E-state index in [4.69, 9.17) is 18.9 Å². The van der Waals surface area contributed by atoms with Gasteiger partial charge < -0.3 is 29.0 Å². The second-order valence-electron chi connectivity index (χ2n) is 9.83. The van der Waals surface area contributed by atoms with E-state index in [1.165, 1.54) is 22.6 Å². The summed E-state index contributed by atoms with van der Waals surface area (Å²) in [5.41, 5.74) is 0. The largest absolute Gasteiger partial charge is 0.371 e. The molecule has 0 bridgehead atoms. The molecule has 1 N–H and O–H groups in total. The standard InChI is InChI=1S/C11H18NO4P.C11H16NO4P/c2*13-9-7-8(10(14)12(9)6-17)16-11(15-7)4-2-1-3-5-11/h7-9,13H,1-6,17H2;7-8H,1-6,17H2/t7-,8+,9+;7-,8+/m1./s1. The fourth-order valence-electron chi connectivity index (χ4n) is 5.94. The SMILES string of the molecule is O=C1[C@H]2OC3(CCCCC3)O[C@H]2C(=O)N1CP.O=C1[C@H]2OC3(CCCCC3)O[C@H]2[C@H](O)N1CP. The summed E-state index contributed by atoms with van der Waals surface area (Å²) in [6.45, 7) is 0. The molecule has 190 valence electrons. The van der Waals surface area contributed by atoms with Crippen LogP contribution in [0.2, 0.25) is 0 Å². The molecule has 0 aromatic heterocycles. The Kier molecular flexibility index (Phi) is 7.06. The van der Waals surface area contributed by atoms with Gasteiger partial charge in [0.2, 0.25) is 0 Å². The Morgan fingerprint density at radius 3 is 1.62 bits per heavy atom. The van der Waals surface area contributed by atoms with Crippen molar-refractivity contribution in [2.75, 3.05) is 12.6 Å². The molecular weight excluding hydrogens is 482 g/mol. The van der Waals surface area contributed by atoms with Gasteiger partial charge in [-0.3, -0.25) is 19.3 Å². The van der Waals surface area contributed by atoms with Crippen LogP contribution >= 0.6 is 18.5 Å². The Bertz CT molecular complexity index is 806. The molecule has 10 nitrogen and oxygen atoms in total. The van der Waals surface area contributed by atoms with Gasteiger partial charge in [0.05, 0.1) is 0 Å². The monoisotopic (exact) mass is 516 g/mol. The van der Waals surface area contributed by atoms with Gasteiger partial charge in [-0.15, -0.1) is 18.5 Å². The van der Waals surface area contributed by atoms with Gasteiger partial charge >= 0.3 is 0 Å². The number of carbonyl (C=O) groups is 3. The summed E-state index contributed by atoms with van der Waals surface area (Å²) in [6, 6.07) is 0. The van der Waals surface area contributed by atoms with Gasteiger partial charge in [0, 0.05) is 38.3 Å². The molecule has 2 unspecified atom stereocenters. The van der Waals surface area contributed by atoms with Crippen LogP contribution in [0.5, 0.6) is 0 Å². The average molecular weight is 516 g/mol. The first-order chi connectivity index (χ1) is 16.3. The number of carbonyl (C=O) groups excluding carboxylic acids is 3. The van der Waals surface area contributed by atoms with E-state index >= 15 is 0 Å². The van der Waals surface area contributed by atoms with Crippen molar-refractivity contribution < 1.29 is 38.4 Å². The number of amides is 3. The van der Waals surface area contributed by atoms with Crippen molar-refractivity contribution in [2.45, 2.75) is 106 Å². The number of fused-ring (bicyclic) bond motifs is 2. The maximum absolute atomic E-state index is 12.0. The third-order valence-corrected chi connectivity index (χ3v) is 8.48. The van der Waals surface area contributed by atoms with Gasteiger partial charge in [-0.05, 0) is 25.7 Å². The van der Waals surface area contributed by atoms with Crippen LogP contribution in [0.1, 0.15) is 64.2 Å². The van der Waals surface area contributed by atoms with E-state index in [-0.39, 0.29) is 17.7 Å². The minimum absolute atomic E-state index is 0.153. The molecule has 0 aromatic rings. The minimum Gasteiger partial charge on any atom is -0.371 e. The zero-order valence-corrected chi connectivity index (χ0v) is 21.5. The number of aliphatic hydroxyl groups excluding tert-OH is 1. The van der Waals surface area contributed by atoms with Crippen LogP contribution in [0, 0.1) is 0 Å². The fourth-order valence-corrected chi connectivity index (χ4v) is 6.69. The zero-order chi connectivity index (χ0) is 24.1. The molecule has 3 amide bonds. The van der Waals surface area contributed by atoms with Gasteiger partial charge in [-0.25, -0.2) is 0 Å². The third kappa shape index (κ3) is 4.13. The van der Waals surface area contributed by atoms with E-state index in [1.54, 1.807) is 0 Å². The Morgan fingerprint density at radius 1 is 0.706 bits per heavy atom. The number of hydrogen-bond donors (Lipinski definition) is 1. The molecule has 6 rings (SSSR count). The van der Waals surface area contributed by atoms with E-state index in [0.717, 1.165) is 51.4 Å². The number of hydrogen-bond acceptors (Lipinski definition) is 8. The second kappa shape index (κ2) is 9.62. The smallest absolute Gasteiger partial charge is 0.262 e. The number of imide groups is 1. The van der Waals surface area contributed by atoms with Gasteiger partial charge in [-0.2, -0.15) is 0 Å². The first kappa shape index (κ1) is 24.9. The van der Waals surface area contributed by atoms with E-state index in [9.17, 15) is 19.5 Å². The van der Waals surface area contributed by atoms with Gasteiger partial charge in [0.15, 0.2) is 36.1 Å². The average Bonchev–Trinajstić information content (AvgIpc) is 3.51. The summed E-state index contributed by atoms with van der Waals surface area (Å²) in [5, 5.41) is 10.0. The summed E-state index contributed by atoms with van der Waals surface area (Å²) in [6.07, 6.45) is 7.14. The highest BCUT2D eigenvalue weighted by atomic mass is 31.0. The summed E-state index contributed by atoms with van der Waals surface area (Å²) in [7, 11) is 4.82. The highest BCUT2D eigenvalue weighted by Gasteiger charge is 2.61. The Labute approximate surface area is 203 Å². The quantitative estimate of drug-likeness (QED) is 0.428. The lowest BCUT2D eigenvalue weighted by molar-refractivity contribution is -0.217. The number of ether oxygens (including phenoxy) is 4. The highest BCUT2D eigenvalue weighted by molar-refractivity contribution is 7.16. The first-order valence-corrected chi connectivity index (χ1v) is 13.9. The summed E-state index contributed by atoms with van der Waals surface area (Å²) in [5.74, 6) is -1.92. The van der Waals surface area contributed by atoms with Crippen LogP contribution in [0.25, 0.3) is 0 Å². The molecule has 4 saturated heterocycles. The second-order valence-corrected chi connectivity index (χ2v) is 10.6. The summed E-state index contributed by atoms with van der Waals surface area (Å²) >= 11 is 0. The maximum atomic E-state index is 12.0. The Balaban J connectivity index is 0.000000142. The molecule has 6 fully saturated rings. The molecule has 0 aromatic carbocycles. The van der Waals surface area contributed by atoms with Crippen molar-refractivity contribution in [1.29, 1.82) is 0 Å². The predicted molar refractivity (Wildman–Crippen MR) is 125 cm³/mol. The van der Waals surface area contributed by atoms with Crippen LogP contribution in [0.15, 0.2) is 0 Å². The number of nitrogens with zero attached hydrogens (tertiary/aromatic N) is 2. The normalized spacial score (nSPS) is 37.9. The third-order valence-electron chi connectivity index (χ3n) is 7.72. The minimum atomic E-state index is -0.869.